The van der Waals surface area contributed by atoms with E-state index in [0.717, 1.165) is 6.29 Å². The first kappa shape index (κ1) is 15.8. The lowest BCUT2D eigenvalue weighted by atomic mass is 9.99. The monoisotopic (exact) mass is 278 g/mol. The van der Waals surface area contributed by atoms with E-state index >= 15 is 0 Å². The molecule has 0 fully saturated rings. The van der Waals surface area contributed by atoms with Crippen molar-refractivity contribution >= 4 is 12.3 Å². The van der Waals surface area contributed by atoms with E-state index < -0.39 is 5.97 Å². The van der Waals surface area contributed by atoms with E-state index in [1.807, 2.05) is 0 Å². The van der Waals surface area contributed by atoms with Crippen LogP contribution >= 0.6 is 0 Å². The van der Waals surface area contributed by atoms with Gasteiger partial charge in [0, 0.05) is 5.56 Å². The first-order valence-electron chi connectivity index (χ1n) is 6.05. The van der Waals surface area contributed by atoms with Crippen molar-refractivity contribution in [3.05, 3.63) is 34.4 Å². The van der Waals surface area contributed by atoms with Gasteiger partial charge in [-0.25, -0.2) is 4.79 Å². The summed E-state index contributed by atoms with van der Waals surface area (Å²) in [6.07, 6.45) is 2.66. The van der Waals surface area contributed by atoms with E-state index in [9.17, 15) is 14.7 Å². The van der Waals surface area contributed by atoms with Gasteiger partial charge in [-0.05, 0) is 37.5 Å². The molecular weight excluding hydrogens is 260 g/mol. The summed E-state index contributed by atoms with van der Waals surface area (Å²) in [7, 11) is 2.73. The Kier molecular flexibility index (Phi) is 5.32. The highest BCUT2D eigenvalue weighted by molar-refractivity contribution is 5.93. The molecular formula is C15H18O5. The first-order chi connectivity index (χ1) is 9.46. The number of carbonyl (C=O) groups excluding carboxylic acids is 2. The van der Waals surface area contributed by atoms with Gasteiger partial charge in [0.2, 0.25) is 0 Å². The second-order valence-electron chi connectivity index (χ2n) is 4.36. The Hall–Kier alpha value is -2.30. The fourth-order valence-electron chi connectivity index (χ4n) is 1.91. The van der Waals surface area contributed by atoms with Gasteiger partial charge >= 0.3 is 5.97 Å². The van der Waals surface area contributed by atoms with Gasteiger partial charge in [0.1, 0.15) is 23.3 Å². The molecule has 0 radical (unpaired) electrons. The van der Waals surface area contributed by atoms with E-state index in [2.05, 4.69) is 4.74 Å². The maximum Gasteiger partial charge on any atom is 0.341 e. The molecule has 1 N–H and O–H groups in total. The van der Waals surface area contributed by atoms with Crippen LogP contribution in [0.1, 0.15) is 28.4 Å². The third kappa shape index (κ3) is 3.17. The van der Waals surface area contributed by atoms with Crippen LogP contribution in [-0.4, -0.2) is 31.6 Å². The van der Waals surface area contributed by atoms with Gasteiger partial charge in [-0.15, -0.1) is 0 Å². The number of carbonyl (C=O) groups is 2. The molecule has 0 aliphatic carbocycles. The number of aromatic hydroxyl groups is 1. The number of aldehydes is 1. The number of phenols is 1. The summed E-state index contributed by atoms with van der Waals surface area (Å²) in [4.78, 5) is 22.3. The first-order valence-corrected chi connectivity index (χ1v) is 6.05. The Balaban J connectivity index is 3.41. The van der Waals surface area contributed by atoms with E-state index in [1.165, 1.54) is 20.3 Å². The van der Waals surface area contributed by atoms with Crippen molar-refractivity contribution in [2.45, 2.75) is 20.3 Å². The summed E-state index contributed by atoms with van der Waals surface area (Å²) < 4.78 is 9.90. The lowest BCUT2D eigenvalue weighted by molar-refractivity contribution is -0.104. The number of rotatable bonds is 5. The van der Waals surface area contributed by atoms with Crippen LogP contribution in [0.5, 0.6) is 11.5 Å². The third-order valence-corrected chi connectivity index (χ3v) is 2.96. The topological polar surface area (TPSA) is 72.8 Å². The summed E-state index contributed by atoms with van der Waals surface area (Å²) in [5.74, 6) is -0.315. The van der Waals surface area contributed by atoms with Crippen molar-refractivity contribution in [2.24, 2.45) is 0 Å². The van der Waals surface area contributed by atoms with Crippen LogP contribution in [-0.2, 0) is 16.0 Å². The van der Waals surface area contributed by atoms with Crippen LogP contribution in [0.15, 0.2) is 17.7 Å². The minimum atomic E-state index is -0.620. The largest absolute Gasteiger partial charge is 0.507 e. The van der Waals surface area contributed by atoms with Gasteiger partial charge in [0.25, 0.3) is 0 Å². The zero-order chi connectivity index (χ0) is 15.3. The summed E-state index contributed by atoms with van der Waals surface area (Å²) in [5.41, 5.74) is 1.78. The van der Waals surface area contributed by atoms with Gasteiger partial charge in [-0.2, -0.15) is 0 Å². The normalized spacial score (nSPS) is 11.1. The molecule has 0 spiro atoms. The highest BCUT2D eigenvalue weighted by atomic mass is 16.5. The van der Waals surface area contributed by atoms with Crippen molar-refractivity contribution in [1.82, 2.24) is 0 Å². The average molecular weight is 278 g/mol. The maximum atomic E-state index is 11.6. The van der Waals surface area contributed by atoms with Crippen LogP contribution in [0.4, 0.5) is 0 Å². The van der Waals surface area contributed by atoms with Gasteiger partial charge in [-0.3, -0.25) is 4.79 Å². The summed E-state index contributed by atoms with van der Waals surface area (Å²) >= 11 is 0. The van der Waals surface area contributed by atoms with Gasteiger partial charge in [0.15, 0.2) is 0 Å². The molecule has 5 heteroatoms. The Labute approximate surface area is 117 Å². The summed E-state index contributed by atoms with van der Waals surface area (Å²) in [5, 5.41) is 10.2. The molecule has 5 nitrogen and oxygen atoms in total. The van der Waals surface area contributed by atoms with Crippen LogP contribution in [0.25, 0.3) is 0 Å². The van der Waals surface area contributed by atoms with Gasteiger partial charge in [0.05, 0.1) is 14.2 Å². The fraction of sp³-hybridized carbons (Fsp3) is 0.333. The van der Waals surface area contributed by atoms with E-state index in [-0.39, 0.29) is 17.7 Å². The summed E-state index contributed by atoms with van der Waals surface area (Å²) in [6.45, 7) is 3.43. The van der Waals surface area contributed by atoms with E-state index in [1.54, 1.807) is 19.9 Å². The third-order valence-electron chi connectivity index (χ3n) is 2.96. The lowest BCUT2D eigenvalue weighted by Gasteiger charge is -2.15. The number of benzene rings is 1. The predicted octanol–water partition coefficient (Wildman–Crippen LogP) is 2.18. The molecule has 0 saturated carbocycles. The van der Waals surface area contributed by atoms with Crippen LogP contribution in [0.3, 0.4) is 0 Å². The molecule has 1 aromatic rings. The molecule has 1 rings (SSSR count). The molecule has 20 heavy (non-hydrogen) atoms. The molecule has 0 bridgehead atoms. The second-order valence-corrected chi connectivity index (χ2v) is 4.36. The van der Waals surface area contributed by atoms with E-state index in [4.69, 9.17) is 4.74 Å². The van der Waals surface area contributed by atoms with Crippen molar-refractivity contribution in [1.29, 1.82) is 0 Å². The highest BCUT2D eigenvalue weighted by Gasteiger charge is 2.20. The quantitative estimate of drug-likeness (QED) is 0.507. The fourth-order valence-corrected chi connectivity index (χ4v) is 1.91. The maximum absolute atomic E-state index is 11.6. The number of esters is 1. The van der Waals surface area contributed by atoms with Crippen molar-refractivity contribution in [2.75, 3.05) is 14.2 Å². The molecule has 0 heterocycles. The molecule has 0 aromatic heterocycles. The number of ether oxygens (including phenoxy) is 2. The number of hydrogen-bond donors (Lipinski definition) is 1. The van der Waals surface area contributed by atoms with Gasteiger partial charge < -0.3 is 14.6 Å². The number of phenolic OH excluding ortho intramolecular Hbond substituents is 1. The van der Waals surface area contributed by atoms with E-state index in [0.29, 0.717) is 22.4 Å². The predicted molar refractivity (Wildman–Crippen MR) is 74.3 cm³/mol. The van der Waals surface area contributed by atoms with Crippen LogP contribution < -0.4 is 4.74 Å². The van der Waals surface area contributed by atoms with Crippen molar-refractivity contribution in [3.8, 4) is 11.5 Å². The zero-order valence-corrected chi connectivity index (χ0v) is 12.0. The minimum absolute atomic E-state index is 0.0814. The van der Waals surface area contributed by atoms with Crippen molar-refractivity contribution < 1.29 is 24.2 Å². The Morgan fingerprint density at radius 2 is 2.05 bits per heavy atom. The molecule has 0 aliphatic rings. The molecule has 0 saturated heterocycles. The number of hydrogen-bond acceptors (Lipinski definition) is 5. The zero-order valence-electron chi connectivity index (χ0n) is 12.0. The summed E-state index contributed by atoms with van der Waals surface area (Å²) in [6, 6.07) is 1.51. The minimum Gasteiger partial charge on any atom is -0.507 e. The van der Waals surface area contributed by atoms with Crippen LogP contribution in [0.2, 0.25) is 0 Å². The second kappa shape index (κ2) is 6.75. The number of allylic oxidation sites excluding steroid dienone is 2. The molecule has 0 aliphatic heterocycles. The Morgan fingerprint density at radius 3 is 2.55 bits per heavy atom. The lowest BCUT2D eigenvalue weighted by Crippen LogP contribution is -2.06. The molecule has 0 unspecified atom stereocenters. The van der Waals surface area contributed by atoms with Gasteiger partial charge in [-0.1, -0.05) is 6.08 Å². The average Bonchev–Trinajstić information content (AvgIpc) is 2.46. The molecule has 108 valence electrons. The molecule has 0 amide bonds. The number of aryl methyl sites for hydroxylation is 1. The van der Waals surface area contributed by atoms with Crippen molar-refractivity contribution in [3.63, 3.8) is 0 Å². The SMILES string of the molecule is COC(=O)c1cc(C)c(OC)c(C/C=C(\C)C=O)c1O. The smallest absolute Gasteiger partial charge is 0.341 e. The van der Waals surface area contributed by atoms with Crippen LogP contribution in [0, 0.1) is 6.92 Å². The molecule has 1 aromatic carbocycles. The standard InChI is InChI=1S/C15H18O5/c1-9(8-16)5-6-11-13(17)12(15(18)20-4)7-10(2)14(11)19-3/h5,7-8,17H,6H2,1-4H3/b9-5+. The number of methoxy groups -OCH3 is 2. The Bertz CT molecular complexity index is 558. The Morgan fingerprint density at radius 1 is 1.40 bits per heavy atom. The highest BCUT2D eigenvalue weighted by Crippen LogP contribution is 2.35. The molecule has 0 atom stereocenters.